The van der Waals surface area contributed by atoms with Crippen molar-refractivity contribution in [3.63, 3.8) is 0 Å². The summed E-state index contributed by atoms with van der Waals surface area (Å²) in [5.41, 5.74) is 6.02. The molecule has 1 fully saturated rings. The van der Waals surface area contributed by atoms with Gasteiger partial charge < -0.3 is 15.5 Å². The lowest BCUT2D eigenvalue weighted by atomic mass is 10.2. The van der Waals surface area contributed by atoms with Gasteiger partial charge in [-0.2, -0.15) is 0 Å². The number of rotatable bonds is 2. The van der Waals surface area contributed by atoms with Gasteiger partial charge in [-0.1, -0.05) is 6.07 Å². The molecule has 0 unspecified atom stereocenters. The van der Waals surface area contributed by atoms with Crippen LogP contribution in [0.1, 0.15) is 16.9 Å². The number of aromatic nitrogens is 1. The van der Waals surface area contributed by atoms with Crippen LogP contribution in [0.3, 0.4) is 0 Å². The summed E-state index contributed by atoms with van der Waals surface area (Å²) >= 11 is 0. The van der Waals surface area contributed by atoms with Gasteiger partial charge in [0.1, 0.15) is 11.5 Å². The van der Waals surface area contributed by atoms with Gasteiger partial charge in [-0.25, -0.2) is 4.98 Å². The zero-order valence-electron chi connectivity index (χ0n) is 10.3. The maximum atomic E-state index is 12.2. The van der Waals surface area contributed by atoms with E-state index in [4.69, 9.17) is 5.73 Å². The molecule has 2 heterocycles. The Morgan fingerprint density at radius 2 is 2.29 bits per heavy atom. The standard InChI is InChI=1S/C12H18N4O/c1-15(2)9-6-7-16(8-9)12(17)10-4-3-5-11(13)14-10/h3-5,9H,6-8H2,1-2H3,(H2,13,14)/t9-/m0/s1. The SMILES string of the molecule is CN(C)[C@H]1CCN(C(=O)c2cccc(N)n2)C1. The van der Waals surface area contributed by atoms with Crippen molar-refractivity contribution in [1.29, 1.82) is 0 Å². The highest BCUT2D eigenvalue weighted by Crippen LogP contribution is 2.15. The summed E-state index contributed by atoms with van der Waals surface area (Å²) in [6, 6.07) is 5.60. The second-order valence-electron chi connectivity index (χ2n) is 4.60. The fraction of sp³-hybridized carbons (Fsp3) is 0.500. The summed E-state index contributed by atoms with van der Waals surface area (Å²) in [6.07, 6.45) is 1.01. The summed E-state index contributed by atoms with van der Waals surface area (Å²) in [6.45, 7) is 1.56. The van der Waals surface area contributed by atoms with E-state index in [1.807, 2.05) is 19.0 Å². The maximum Gasteiger partial charge on any atom is 0.272 e. The molecular formula is C12H18N4O. The molecule has 0 radical (unpaired) electrons. The minimum absolute atomic E-state index is 0.0262. The molecule has 2 N–H and O–H groups in total. The van der Waals surface area contributed by atoms with Crippen molar-refractivity contribution in [3.8, 4) is 0 Å². The Kier molecular flexibility index (Phi) is 3.28. The summed E-state index contributed by atoms with van der Waals surface area (Å²) < 4.78 is 0. The minimum Gasteiger partial charge on any atom is -0.384 e. The number of nitrogen functional groups attached to an aromatic ring is 1. The van der Waals surface area contributed by atoms with Crippen molar-refractivity contribution < 1.29 is 4.79 Å². The molecule has 2 rings (SSSR count). The number of pyridine rings is 1. The quantitative estimate of drug-likeness (QED) is 0.806. The largest absolute Gasteiger partial charge is 0.384 e. The Morgan fingerprint density at radius 3 is 2.88 bits per heavy atom. The van der Waals surface area contributed by atoms with Crippen LogP contribution >= 0.6 is 0 Å². The van der Waals surface area contributed by atoms with Crippen molar-refractivity contribution in [2.45, 2.75) is 12.5 Å². The van der Waals surface area contributed by atoms with Gasteiger partial charge in [-0.3, -0.25) is 4.79 Å². The minimum atomic E-state index is -0.0262. The van der Waals surface area contributed by atoms with E-state index in [0.29, 0.717) is 17.6 Å². The molecule has 1 aliphatic heterocycles. The Morgan fingerprint density at radius 1 is 1.53 bits per heavy atom. The van der Waals surface area contributed by atoms with Gasteiger partial charge >= 0.3 is 0 Å². The van der Waals surface area contributed by atoms with Crippen LogP contribution in [0.4, 0.5) is 5.82 Å². The van der Waals surface area contributed by atoms with Crippen LogP contribution in [-0.4, -0.2) is 53.9 Å². The molecule has 1 saturated heterocycles. The molecule has 1 amide bonds. The number of nitrogens with zero attached hydrogens (tertiary/aromatic N) is 3. The van der Waals surface area contributed by atoms with Crippen LogP contribution in [0.2, 0.25) is 0 Å². The van der Waals surface area contributed by atoms with E-state index in [1.165, 1.54) is 0 Å². The predicted octanol–water partition coefficient (Wildman–Crippen LogP) is 0.440. The van der Waals surface area contributed by atoms with Crippen LogP contribution in [-0.2, 0) is 0 Å². The van der Waals surface area contributed by atoms with Crippen molar-refractivity contribution in [2.24, 2.45) is 0 Å². The van der Waals surface area contributed by atoms with E-state index < -0.39 is 0 Å². The Bertz CT molecular complexity index is 419. The molecule has 5 heteroatoms. The average molecular weight is 234 g/mol. The van der Waals surface area contributed by atoms with Gasteiger partial charge in [0.15, 0.2) is 0 Å². The first-order valence-corrected chi connectivity index (χ1v) is 5.76. The van der Waals surface area contributed by atoms with E-state index in [9.17, 15) is 4.79 Å². The molecule has 1 aliphatic rings. The third kappa shape index (κ3) is 2.55. The van der Waals surface area contributed by atoms with E-state index in [0.717, 1.165) is 19.5 Å². The number of amides is 1. The van der Waals surface area contributed by atoms with Gasteiger partial charge in [0.25, 0.3) is 5.91 Å². The van der Waals surface area contributed by atoms with Crippen molar-refractivity contribution >= 4 is 11.7 Å². The number of hydrogen-bond acceptors (Lipinski definition) is 4. The topological polar surface area (TPSA) is 62.5 Å². The first-order valence-electron chi connectivity index (χ1n) is 5.76. The third-order valence-electron chi connectivity index (χ3n) is 3.17. The Hall–Kier alpha value is -1.62. The molecule has 1 aromatic heterocycles. The molecule has 0 spiro atoms. The Labute approximate surface area is 101 Å². The van der Waals surface area contributed by atoms with Crippen molar-refractivity contribution in [1.82, 2.24) is 14.8 Å². The summed E-state index contributed by atoms with van der Waals surface area (Å²) in [5, 5.41) is 0. The van der Waals surface area contributed by atoms with Crippen LogP contribution in [0, 0.1) is 0 Å². The van der Waals surface area contributed by atoms with Gasteiger partial charge in [0.2, 0.25) is 0 Å². The summed E-state index contributed by atoms with van der Waals surface area (Å²) in [5.74, 6) is 0.362. The predicted molar refractivity (Wildman–Crippen MR) is 66.6 cm³/mol. The lowest BCUT2D eigenvalue weighted by molar-refractivity contribution is 0.0777. The number of nitrogens with two attached hydrogens (primary N) is 1. The van der Waals surface area contributed by atoms with Crippen molar-refractivity contribution in [3.05, 3.63) is 23.9 Å². The highest BCUT2D eigenvalue weighted by Gasteiger charge is 2.28. The molecule has 92 valence electrons. The molecular weight excluding hydrogens is 216 g/mol. The van der Waals surface area contributed by atoms with E-state index in [-0.39, 0.29) is 5.91 Å². The van der Waals surface area contributed by atoms with E-state index >= 15 is 0 Å². The van der Waals surface area contributed by atoms with Gasteiger partial charge in [-0.05, 0) is 32.6 Å². The molecule has 0 aromatic carbocycles. The highest BCUT2D eigenvalue weighted by molar-refractivity contribution is 5.92. The Balaban J connectivity index is 2.07. The van der Waals surface area contributed by atoms with Crippen LogP contribution in [0.25, 0.3) is 0 Å². The second-order valence-corrected chi connectivity index (χ2v) is 4.60. The normalized spacial score (nSPS) is 19.9. The summed E-state index contributed by atoms with van der Waals surface area (Å²) in [4.78, 5) is 20.2. The summed E-state index contributed by atoms with van der Waals surface area (Å²) in [7, 11) is 4.08. The van der Waals surface area contributed by atoms with Gasteiger partial charge in [0, 0.05) is 19.1 Å². The number of likely N-dealkylation sites (tertiary alicyclic amines) is 1. The van der Waals surface area contributed by atoms with E-state index in [1.54, 1.807) is 18.2 Å². The zero-order valence-corrected chi connectivity index (χ0v) is 10.3. The molecule has 0 saturated carbocycles. The third-order valence-corrected chi connectivity index (χ3v) is 3.17. The number of carbonyl (C=O) groups is 1. The molecule has 0 bridgehead atoms. The van der Waals surface area contributed by atoms with Crippen molar-refractivity contribution in [2.75, 3.05) is 32.9 Å². The lowest BCUT2D eigenvalue weighted by Crippen LogP contribution is -2.34. The fourth-order valence-corrected chi connectivity index (χ4v) is 2.08. The molecule has 1 aromatic rings. The molecule has 5 nitrogen and oxygen atoms in total. The molecule has 17 heavy (non-hydrogen) atoms. The van der Waals surface area contributed by atoms with Crippen LogP contribution in [0.5, 0.6) is 0 Å². The molecule has 1 atom stereocenters. The van der Waals surface area contributed by atoms with Gasteiger partial charge in [-0.15, -0.1) is 0 Å². The highest BCUT2D eigenvalue weighted by atomic mass is 16.2. The van der Waals surface area contributed by atoms with Crippen LogP contribution in [0.15, 0.2) is 18.2 Å². The first-order chi connectivity index (χ1) is 8.08. The number of anilines is 1. The monoisotopic (exact) mass is 234 g/mol. The first kappa shape index (κ1) is 11.9. The number of hydrogen-bond donors (Lipinski definition) is 1. The zero-order chi connectivity index (χ0) is 12.4. The van der Waals surface area contributed by atoms with Crippen LogP contribution < -0.4 is 5.73 Å². The lowest BCUT2D eigenvalue weighted by Gasteiger charge is -2.20. The number of likely N-dealkylation sites (N-methyl/N-ethyl adjacent to an activating group) is 1. The molecule has 0 aliphatic carbocycles. The second kappa shape index (κ2) is 4.71. The average Bonchev–Trinajstić information content (AvgIpc) is 2.77. The smallest absolute Gasteiger partial charge is 0.272 e. The van der Waals surface area contributed by atoms with E-state index in [2.05, 4.69) is 9.88 Å². The fourth-order valence-electron chi connectivity index (χ4n) is 2.08. The maximum absolute atomic E-state index is 12.2. The van der Waals surface area contributed by atoms with Gasteiger partial charge in [0.05, 0.1) is 0 Å². The number of carbonyl (C=O) groups excluding carboxylic acids is 1.